The van der Waals surface area contributed by atoms with Crippen LogP contribution in [0.1, 0.15) is 29.5 Å². The Hall–Kier alpha value is -0.830. The van der Waals surface area contributed by atoms with E-state index in [1.54, 1.807) is 0 Å². The molecule has 0 aliphatic carbocycles. The molecule has 1 fully saturated rings. The molecule has 1 aromatic rings. The molecule has 76 valence electrons. The first-order valence-corrected chi connectivity index (χ1v) is 6.01. The normalized spacial score (nSPS) is 16.6. The molecule has 0 amide bonds. The summed E-state index contributed by atoms with van der Waals surface area (Å²) in [7, 11) is 0. The Balaban J connectivity index is 1.99. The maximum atomic E-state index is 7.74. The third kappa shape index (κ3) is 1.98. The first-order valence-electron chi connectivity index (χ1n) is 5.19. The van der Waals surface area contributed by atoms with Crippen molar-refractivity contribution in [2.75, 3.05) is 6.54 Å². The average Bonchev–Trinajstić information content (AvgIpc) is 2.77. The highest BCUT2D eigenvalue weighted by Gasteiger charge is 2.17. The van der Waals surface area contributed by atoms with Gasteiger partial charge in [-0.05, 0) is 25.0 Å². The van der Waals surface area contributed by atoms with Gasteiger partial charge in [-0.25, -0.2) is 0 Å². The van der Waals surface area contributed by atoms with Gasteiger partial charge in [0.25, 0.3) is 0 Å². The van der Waals surface area contributed by atoms with Crippen LogP contribution in [0.25, 0.3) is 0 Å². The molecule has 1 aliphatic heterocycles. The zero-order valence-electron chi connectivity index (χ0n) is 8.55. The van der Waals surface area contributed by atoms with Gasteiger partial charge in [0.15, 0.2) is 0 Å². The lowest BCUT2D eigenvalue weighted by molar-refractivity contribution is 0.450. The van der Waals surface area contributed by atoms with Crippen molar-refractivity contribution in [2.45, 2.75) is 32.7 Å². The van der Waals surface area contributed by atoms with Gasteiger partial charge in [0, 0.05) is 22.7 Å². The molecule has 0 aromatic carbocycles. The highest BCUT2D eigenvalue weighted by molar-refractivity contribution is 7.11. The van der Waals surface area contributed by atoms with Crippen molar-refractivity contribution in [1.29, 1.82) is 5.41 Å². The largest absolute Gasteiger partial charge is 0.355 e. The van der Waals surface area contributed by atoms with Gasteiger partial charge in [0.2, 0.25) is 0 Å². The summed E-state index contributed by atoms with van der Waals surface area (Å²) in [6, 6.07) is 4.41. The summed E-state index contributed by atoms with van der Waals surface area (Å²) in [5, 5.41) is 7.74. The molecule has 1 aliphatic rings. The van der Waals surface area contributed by atoms with Crippen molar-refractivity contribution in [2.24, 2.45) is 0 Å². The number of thiophene rings is 1. The van der Waals surface area contributed by atoms with Crippen LogP contribution in [0.2, 0.25) is 0 Å². The summed E-state index contributed by atoms with van der Waals surface area (Å²) in [6.07, 6.45) is 3.25. The van der Waals surface area contributed by atoms with E-state index in [-0.39, 0.29) is 0 Å². The minimum atomic E-state index is 0.816. The lowest BCUT2D eigenvalue weighted by Crippen LogP contribution is -2.22. The van der Waals surface area contributed by atoms with Gasteiger partial charge in [0.05, 0.1) is 12.4 Å². The van der Waals surface area contributed by atoms with Gasteiger partial charge < -0.3 is 4.90 Å². The summed E-state index contributed by atoms with van der Waals surface area (Å²) in [6.45, 7) is 4.20. The Morgan fingerprint density at radius 3 is 2.79 bits per heavy atom. The van der Waals surface area contributed by atoms with Gasteiger partial charge in [0.1, 0.15) is 0 Å². The van der Waals surface area contributed by atoms with Crippen LogP contribution >= 0.6 is 11.3 Å². The summed E-state index contributed by atoms with van der Waals surface area (Å²) in [5.41, 5.74) is 0. The second-order valence-electron chi connectivity index (χ2n) is 3.69. The van der Waals surface area contributed by atoms with E-state index in [9.17, 15) is 0 Å². The van der Waals surface area contributed by atoms with Crippen molar-refractivity contribution in [3.05, 3.63) is 21.9 Å². The quantitative estimate of drug-likeness (QED) is 0.812. The minimum absolute atomic E-state index is 0.816. The van der Waals surface area contributed by atoms with Gasteiger partial charge in [-0.3, -0.25) is 5.41 Å². The van der Waals surface area contributed by atoms with Gasteiger partial charge in [-0.1, -0.05) is 6.92 Å². The van der Waals surface area contributed by atoms with Crippen molar-refractivity contribution in [3.8, 4) is 0 Å². The number of aryl methyl sites for hydroxylation is 1. The Bertz CT molecular complexity index is 330. The first kappa shape index (κ1) is 9.71. The van der Waals surface area contributed by atoms with Gasteiger partial charge in [-0.15, -0.1) is 11.3 Å². The molecule has 14 heavy (non-hydrogen) atoms. The van der Waals surface area contributed by atoms with Crippen LogP contribution in [0.4, 0.5) is 0 Å². The Morgan fingerprint density at radius 2 is 2.21 bits per heavy atom. The van der Waals surface area contributed by atoms with Gasteiger partial charge in [-0.2, -0.15) is 0 Å². The number of hydrogen-bond donors (Lipinski definition) is 1. The SMILES string of the molecule is CCc1ccc(CN2CCCC2=N)s1. The molecule has 0 radical (unpaired) electrons. The molecule has 2 nitrogen and oxygen atoms in total. The first-order chi connectivity index (χ1) is 6.79. The van der Waals surface area contributed by atoms with Crippen molar-refractivity contribution < 1.29 is 0 Å². The molecular weight excluding hydrogens is 192 g/mol. The van der Waals surface area contributed by atoms with Crippen LogP contribution in [0, 0.1) is 5.41 Å². The lowest BCUT2D eigenvalue weighted by atomic mass is 10.3. The van der Waals surface area contributed by atoms with E-state index in [0.717, 1.165) is 38.2 Å². The molecular formula is C11H16N2S. The molecule has 0 saturated carbocycles. The summed E-state index contributed by atoms with van der Waals surface area (Å²) in [4.78, 5) is 5.03. The zero-order chi connectivity index (χ0) is 9.97. The van der Waals surface area contributed by atoms with E-state index in [2.05, 4.69) is 24.0 Å². The summed E-state index contributed by atoms with van der Waals surface area (Å²) < 4.78 is 0. The number of likely N-dealkylation sites (tertiary alicyclic amines) is 1. The van der Waals surface area contributed by atoms with Crippen LogP contribution in [0.5, 0.6) is 0 Å². The van der Waals surface area contributed by atoms with Crippen LogP contribution < -0.4 is 0 Å². The molecule has 1 saturated heterocycles. The number of nitrogens with zero attached hydrogens (tertiary/aromatic N) is 1. The van der Waals surface area contributed by atoms with Crippen molar-refractivity contribution in [1.82, 2.24) is 4.90 Å². The molecule has 2 rings (SSSR count). The number of hydrogen-bond acceptors (Lipinski definition) is 2. The van der Waals surface area contributed by atoms with Crippen LogP contribution in [0.3, 0.4) is 0 Å². The topological polar surface area (TPSA) is 27.1 Å². The number of amidine groups is 1. The van der Waals surface area contributed by atoms with Crippen LogP contribution in [-0.2, 0) is 13.0 Å². The fourth-order valence-electron chi connectivity index (χ4n) is 1.79. The van der Waals surface area contributed by atoms with Gasteiger partial charge >= 0.3 is 0 Å². The fraction of sp³-hybridized carbons (Fsp3) is 0.545. The smallest absolute Gasteiger partial charge is 0.0961 e. The lowest BCUT2D eigenvalue weighted by Gasteiger charge is -2.15. The number of rotatable bonds is 3. The molecule has 0 atom stereocenters. The molecule has 2 heterocycles. The van der Waals surface area contributed by atoms with Crippen molar-refractivity contribution in [3.63, 3.8) is 0 Å². The predicted molar refractivity (Wildman–Crippen MR) is 61.1 cm³/mol. The third-order valence-corrected chi connectivity index (χ3v) is 3.85. The molecule has 0 bridgehead atoms. The third-order valence-electron chi connectivity index (χ3n) is 2.64. The molecule has 0 unspecified atom stereocenters. The summed E-state index contributed by atoms with van der Waals surface area (Å²) in [5.74, 6) is 0.816. The standard InChI is InChI=1S/C11H16N2S/c1-2-9-5-6-10(14-9)8-13-7-3-4-11(13)12/h5-6,12H,2-4,7-8H2,1H3. The van der Waals surface area contributed by atoms with Crippen LogP contribution in [-0.4, -0.2) is 17.3 Å². The second-order valence-corrected chi connectivity index (χ2v) is 4.95. The molecule has 1 aromatic heterocycles. The Morgan fingerprint density at radius 1 is 1.43 bits per heavy atom. The highest BCUT2D eigenvalue weighted by Crippen LogP contribution is 2.21. The van der Waals surface area contributed by atoms with E-state index in [1.165, 1.54) is 9.75 Å². The Labute approximate surface area is 89.1 Å². The van der Waals surface area contributed by atoms with E-state index in [1.807, 2.05) is 11.3 Å². The number of nitrogens with one attached hydrogen (secondary N) is 1. The zero-order valence-corrected chi connectivity index (χ0v) is 9.36. The molecule has 3 heteroatoms. The van der Waals surface area contributed by atoms with E-state index in [4.69, 9.17) is 5.41 Å². The maximum absolute atomic E-state index is 7.74. The highest BCUT2D eigenvalue weighted by atomic mass is 32.1. The minimum Gasteiger partial charge on any atom is -0.355 e. The average molecular weight is 208 g/mol. The van der Waals surface area contributed by atoms with E-state index >= 15 is 0 Å². The molecule has 0 spiro atoms. The fourth-order valence-corrected chi connectivity index (χ4v) is 2.76. The van der Waals surface area contributed by atoms with Crippen LogP contribution in [0.15, 0.2) is 12.1 Å². The predicted octanol–water partition coefficient (Wildman–Crippen LogP) is 2.88. The monoisotopic (exact) mass is 208 g/mol. The van der Waals surface area contributed by atoms with E-state index < -0.39 is 0 Å². The van der Waals surface area contributed by atoms with E-state index in [0.29, 0.717) is 0 Å². The second kappa shape index (κ2) is 4.13. The summed E-state index contributed by atoms with van der Waals surface area (Å²) >= 11 is 1.88. The molecule has 1 N–H and O–H groups in total. The maximum Gasteiger partial charge on any atom is 0.0961 e. The van der Waals surface area contributed by atoms with Crippen molar-refractivity contribution >= 4 is 17.2 Å². The Kier molecular flexibility index (Phi) is 2.87.